The molecule has 37 heavy (non-hydrogen) atoms. The molecule has 1 aromatic heterocycles. The van der Waals surface area contributed by atoms with E-state index in [0.717, 1.165) is 31.7 Å². The molecule has 0 saturated carbocycles. The number of aliphatic hydroxyl groups is 2. The fourth-order valence-corrected chi connectivity index (χ4v) is 3.82. The van der Waals surface area contributed by atoms with Gasteiger partial charge in [-0.15, -0.1) is 0 Å². The third kappa shape index (κ3) is 8.73. The first-order valence-corrected chi connectivity index (χ1v) is 12.8. The molecule has 2 aromatic rings. The maximum Gasteiger partial charge on any atom is 0.311 e. The van der Waals surface area contributed by atoms with Crippen LogP contribution < -0.4 is 14.9 Å². The van der Waals surface area contributed by atoms with Gasteiger partial charge in [-0.05, 0) is 30.5 Å². The van der Waals surface area contributed by atoms with E-state index in [1.165, 1.54) is 14.0 Å². The number of methoxy groups -OCH3 is 1. The fraction of sp³-hybridized carbons (Fsp3) is 0.500. The summed E-state index contributed by atoms with van der Waals surface area (Å²) in [6.07, 6.45) is -1.82. The number of oxazole rings is 1. The number of carbonyl (C=O) groups is 2. The summed E-state index contributed by atoms with van der Waals surface area (Å²) in [6, 6.07) is -0.0925. The lowest BCUT2D eigenvalue weighted by Gasteiger charge is -2.32. The van der Waals surface area contributed by atoms with Crippen LogP contribution in [0.1, 0.15) is 29.4 Å². The number of benzene rings is 1. The SMILES string of the molecule is COCC[C@@H](NC(C)=O)[C@@H](O)[C@H](O)[C@H](Cc1cc(F)cc(F)c1)NC(=O)c1coc(N(C)S(C)(=O)=O)n1. The largest absolute Gasteiger partial charge is 0.430 e. The van der Waals surface area contributed by atoms with Crippen LogP contribution in [0.15, 0.2) is 28.9 Å². The van der Waals surface area contributed by atoms with Gasteiger partial charge in [0.15, 0.2) is 5.69 Å². The molecule has 0 spiro atoms. The number of nitrogens with one attached hydrogen (secondary N) is 2. The van der Waals surface area contributed by atoms with Gasteiger partial charge in [-0.1, -0.05) is 0 Å². The number of anilines is 1. The van der Waals surface area contributed by atoms with E-state index in [1.54, 1.807) is 0 Å². The number of nitrogens with zero attached hydrogens (tertiary/aromatic N) is 2. The number of aromatic nitrogens is 1. The van der Waals surface area contributed by atoms with Gasteiger partial charge in [-0.25, -0.2) is 21.5 Å². The van der Waals surface area contributed by atoms with Crippen LogP contribution in [0.4, 0.5) is 14.8 Å². The van der Waals surface area contributed by atoms with E-state index in [1.807, 2.05) is 0 Å². The Hall–Kier alpha value is -3.14. The highest BCUT2D eigenvalue weighted by Crippen LogP contribution is 2.18. The Kier molecular flexibility index (Phi) is 10.5. The predicted octanol–water partition coefficient (Wildman–Crippen LogP) is -0.0473. The molecule has 2 amide bonds. The van der Waals surface area contributed by atoms with Crippen LogP contribution in [0.5, 0.6) is 0 Å². The minimum atomic E-state index is -3.74. The summed E-state index contributed by atoms with van der Waals surface area (Å²) < 4.78 is 61.6. The molecule has 0 aliphatic heterocycles. The molecular weight excluding hydrogens is 518 g/mol. The normalized spacial score (nSPS) is 14.9. The molecule has 0 aliphatic rings. The van der Waals surface area contributed by atoms with Gasteiger partial charge < -0.3 is 30.0 Å². The molecule has 15 heteroatoms. The Morgan fingerprint density at radius 1 is 1.14 bits per heavy atom. The van der Waals surface area contributed by atoms with E-state index in [4.69, 9.17) is 9.15 Å². The monoisotopic (exact) mass is 548 g/mol. The maximum absolute atomic E-state index is 13.8. The first-order valence-electron chi connectivity index (χ1n) is 11.0. The maximum atomic E-state index is 13.8. The van der Waals surface area contributed by atoms with Crippen molar-refractivity contribution in [1.82, 2.24) is 15.6 Å². The Morgan fingerprint density at radius 3 is 2.27 bits per heavy atom. The molecule has 4 atom stereocenters. The zero-order valence-corrected chi connectivity index (χ0v) is 21.5. The van der Waals surface area contributed by atoms with Gasteiger partial charge in [0.05, 0.1) is 18.3 Å². The van der Waals surface area contributed by atoms with Gasteiger partial charge in [0.2, 0.25) is 15.9 Å². The molecule has 0 unspecified atom stereocenters. The second kappa shape index (κ2) is 12.9. The number of ether oxygens (including phenoxy) is 1. The van der Waals surface area contributed by atoms with Crippen molar-refractivity contribution in [2.75, 3.05) is 31.3 Å². The van der Waals surface area contributed by atoms with Crippen molar-refractivity contribution in [2.45, 2.75) is 44.1 Å². The van der Waals surface area contributed by atoms with Crippen LogP contribution in [0.25, 0.3) is 0 Å². The highest BCUT2D eigenvalue weighted by Gasteiger charge is 2.34. The summed E-state index contributed by atoms with van der Waals surface area (Å²) in [5.74, 6) is -3.21. The minimum absolute atomic E-state index is 0.0553. The van der Waals surface area contributed by atoms with Crippen LogP contribution >= 0.6 is 0 Å². The lowest BCUT2D eigenvalue weighted by molar-refractivity contribution is -0.121. The number of rotatable bonds is 13. The van der Waals surface area contributed by atoms with Crippen LogP contribution in [0.3, 0.4) is 0 Å². The molecular formula is C22H30F2N4O8S. The molecule has 1 aromatic carbocycles. The van der Waals surface area contributed by atoms with E-state index in [-0.39, 0.29) is 30.7 Å². The van der Waals surface area contributed by atoms with Crippen molar-refractivity contribution in [3.05, 3.63) is 47.4 Å². The third-order valence-electron chi connectivity index (χ3n) is 5.38. The number of sulfonamides is 1. The van der Waals surface area contributed by atoms with Gasteiger partial charge in [0.25, 0.3) is 5.91 Å². The summed E-state index contributed by atoms with van der Waals surface area (Å²) >= 11 is 0. The van der Waals surface area contributed by atoms with Crippen molar-refractivity contribution in [3.8, 4) is 0 Å². The number of carbonyl (C=O) groups excluding carboxylic acids is 2. The molecule has 0 saturated heterocycles. The predicted molar refractivity (Wildman–Crippen MR) is 127 cm³/mol. The third-order valence-corrected chi connectivity index (χ3v) is 6.53. The van der Waals surface area contributed by atoms with Crippen molar-refractivity contribution in [1.29, 1.82) is 0 Å². The zero-order valence-electron chi connectivity index (χ0n) is 20.6. The van der Waals surface area contributed by atoms with E-state index in [9.17, 15) is 37.0 Å². The lowest BCUT2D eigenvalue weighted by atomic mass is 9.92. The number of hydrogen-bond acceptors (Lipinski definition) is 9. The highest BCUT2D eigenvalue weighted by atomic mass is 32.2. The van der Waals surface area contributed by atoms with Gasteiger partial charge in [0.1, 0.15) is 30.1 Å². The second-order valence-corrected chi connectivity index (χ2v) is 10.4. The first-order chi connectivity index (χ1) is 17.2. The standard InChI is InChI=1S/C22H30F2N4O8S/c1-12(29)25-16(5-6-35-3)19(30)20(31)17(9-13-7-14(23)10-15(24)8-13)26-21(32)18-11-36-22(27-18)28(2)37(4,33)34/h7-8,10-11,16-17,19-20,30-31H,5-6,9H2,1-4H3,(H,25,29)(H,26,32)/t16-,17+,19-,20-/m1/s1. The average molecular weight is 549 g/mol. The zero-order chi connectivity index (χ0) is 27.9. The van der Waals surface area contributed by atoms with Crippen molar-refractivity contribution >= 4 is 27.9 Å². The van der Waals surface area contributed by atoms with Crippen molar-refractivity contribution in [2.24, 2.45) is 0 Å². The molecule has 0 bridgehead atoms. The summed E-state index contributed by atoms with van der Waals surface area (Å²) in [5, 5.41) is 26.7. The van der Waals surface area contributed by atoms with Crippen molar-refractivity contribution < 1.29 is 46.2 Å². The molecule has 1 heterocycles. The average Bonchev–Trinajstić information content (AvgIpc) is 3.28. The molecule has 2 rings (SSSR count). The van der Waals surface area contributed by atoms with Crippen LogP contribution in [-0.2, 0) is 26.0 Å². The Bertz CT molecular complexity index is 1170. The number of halogens is 2. The molecule has 4 N–H and O–H groups in total. The van der Waals surface area contributed by atoms with Gasteiger partial charge in [-0.2, -0.15) is 4.98 Å². The summed E-state index contributed by atoms with van der Waals surface area (Å²) in [4.78, 5) is 28.3. The number of amides is 2. The lowest BCUT2D eigenvalue weighted by Crippen LogP contribution is -2.56. The fourth-order valence-electron chi connectivity index (χ4n) is 3.45. The minimum Gasteiger partial charge on any atom is -0.430 e. The van der Waals surface area contributed by atoms with Gasteiger partial charge >= 0.3 is 6.01 Å². The van der Waals surface area contributed by atoms with E-state index >= 15 is 0 Å². The van der Waals surface area contributed by atoms with E-state index in [0.29, 0.717) is 10.4 Å². The quantitative estimate of drug-likeness (QED) is 0.268. The number of aliphatic hydroxyl groups excluding tert-OH is 2. The smallest absolute Gasteiger partial charge is 0.311 e. The second-order valence-electron chi connectivity index (χ2n) is 8.38. The Balaban J connectivity index is 2.35. The Labute approximate surface area is 212 Å². The van der Waals surface area contributed by atoms with Gasteiger partial charge in [-0.3, -0.25) is 9.59 Å². The highest BCUT2D eigenvalue weighted by molar-refractivity contribution is 7.92. The van der Waals surface area contributed by atoms with Gasteiger partial charge in [0, 0.05) is 33.8 Å². The van der Waals surface area contributed by atoms with Crippen LogP contribution in [0, 0.1) is 11.6 Å². The number of hydrogen-bond donors (Lipinski definition) is 4. The summed E-state index contributed by atoms with van der Waals surface area (Å²) in [5.41, 5.74) is -0.305. The summed E-state index contributed by atoms with van der Waals surface area (Å²) in [7, 11) is -1.17. The van der Waals surface area contributed by atoms with E-state index in [2.05, 4.69) is 15.6 Å². The molecule has 206 valence electrons. The van der Waals surface area contributed by atoms with Crippen molar-refractivity contribution in [3.63, 3.8) is 0 Å². The Morgan fingerprint density at radius 2 is 1.73 bits per heavy atom. The molecule has 0 radical (unpaired) electrons. The summed E-state index contributed by atoms with van der Waals surface area (Å²) in [6.45, 7) is 1.33. The van der Waals surface area contributed by atoms with Crippen LogP contribution in [-0.4, -0.2) is 86.7 Å². The molecule has 0 fully saturated rings. The molecule has 12 nitrogen and oxygen atoms in total. The van der Waals surface area contributed by atoms with E-state index < -0.39 is 63.8 Å². The molecule has 0 aliphatic carbocycles. The first kappa shape index (κ1) is 30.1. The topological polar surface area (TPSA) is 171 Å². The van der Waals surface area contributed by atoms with Crippen LogP contribution in [0.2, 0.25) is 0 Å².